The number of hydrogen-bond acceptors (Lipinski definition) is 3. The first kappa shape index (κ1) is 16.1. The average molecular weight is 243 g/mol. The van der Waals surface area contributed by atoms with Crippen molar-refractivity contribution in [1.82, 2.24) is 4.90 Å². The summed E-state index contributed by atoms with van der Waals surface area (Å²) in [6.45, 7) is 12.1. The molecule has 4 nitrogen and oxygen atoms in total. The van der Waals surface area contributed by atoms with Crippen molar-refractivity contribution in [3.05, 3.63) is 12.2 Å². The predicted octanol–water partition coefficient (Wildman–Crippen LogP) is 1.74. The fourth-order valence-electron chi connectivity index (χ4n) is 1.68. The lowest BCUT2D eigenvalue weighted by Crippen LogP contribution is -2.55. The van der Waals surface area contributed by atoms with Crippen LogP contribution in [0.4, 0.5) is 0 Å². The second-order valence-electron chi connectivity index (χ2n) is 5.31. The van der Waals surface area contributed by atoms with Gasteiger partial charge in [0.2, 0.25) is 0 Å². The fraction of sp³-hybridized carbons (Fsp3) is 0.769. The molecule has 1 aliphatic rings. The number of carbonyl (C=O) groups is 1. The van der Waals surface area contributed by atoms with Crippen molar-refractivity contribution in [1.29, 1.82) is 0 Å². The monoisotopic (exact) mass is 243 g/mol. The molecule has 1 fully saturated rings. The third-order valence-electron chi connectivity index (χ3n) is 3.80. The molecule has 0 bridgehead atoms. The van der Waals surface area contributed by atoms with Crippen LogP contribution in [0.2, 0.25) is 0 Å². The maximum absolute atomic E-state index is 9.60. The van der Waals surface area contributed by atoms with Crippen LogP contribution in [0.3, 0.4) is 0 Å². The maximum atomic E-state index is 9.60. The van der Waals surface area contributed by atoms with E-state index in [1.54, 1.807) is 0 Å². The molecule has 2 N–H and O–H groups in total. The van der Waals surface area contributed by atoms with Gasteiger partial charge in [-0.05, 0) is 40.2 Å². The second kappa shape index (κ2) is 6.17. The molecule has 0 aromatic carbocycles. The van der Waals surface area contributed by atoms with Crippen LogP contribution >= 0.6 is 0 Å². The van der Waals surface area contributed by atoms with Crippen LogP contribution in [0, 0.1) is 5.92 Å². The largest absolute Gasteiger partial charge is 0.478 e. The van der Waals surface area contributed by atoms with Crippen LogP contribution in [0.25, 0.3) is 0 Å². The molecular weight excluding hydrogens is 218 g/mol. The number of carboxylic acid groups (broad SMARTS) is 1. The molecule has 1 rings (SSSR count). The number of piperidine rings is 1. The molecule has 2 atom stereocenters. The van der Waals surface area contributed by atoms with E-state index in [9.17, 15) is 9.90 Å². The van der Waals surface area contributed by atoms with Crippen LogP contribution in [-0.4, -0.2) is 46.3 Å². The summed E-state index contributed by atoms with van der Waals surface area (Å²) < 4.78 is 0. The number of hydrogen-bond donors (Lipinski definition) is 2. The molecule has 17 heavy (non-hydrogen) atoms. The molecule has 0 aromatic rings. The first-order chi connectivity index (χ1) is 7.60. The fourth-order valence-corrected chi connectivity index (χ4v) is 1.68. The lowest BCUT2D eigenvalue weighted by Gasteiger charge is -2.47. The summed E-state index contributed by atoms with van der Waals surface area (Å²) in [4.78, 5) is 11.9. The van der Waals surface area contributed by atoms with E-state index in [4.69, 9.17) is 5.11 Å². The van der Waals surface area contributed by atoms with E-state index in [-0.39, 0.29) is 17.2 Å². The first-order valence-electron chi connectivity index (χ1n) is 5.88. The quantitative estimate of drug-likeness (QED) is 0.689. The highest BCUT2D eigenvalue weighted by Gasteiger charge is 2.38. The maximum Gasteiger partial charge on any atom is 0.330 e. The van der Waals surface area contributed by atoms with Crippen molar-refractivity contribution in [3.63, 3.8) is 0 Å². The molecular formula is C13H25NO3. The number of carboxylic acids is 1. The van der Waals surface area contributed by atoms with Gasteiger partial charge in [-0.2, -0.15) is 0 Å². The molecule has 1 heterocycles. The van der Waals surface area contributed by atoms with Crippen molar-refractivity contribution in [2.75, 3.05) is 13.6 Å². The number of nitrogens with zero attached hydrogens (tertiary/aromatic N) is 1. The Morgan fingerprint density at radius 3 is 2.18 bits per heavy atom. The van der Waals surface area contributed by atoms with Gasteiger partial charge in [0.1, 0.15) is 0 Å². The van der Waals surface area contributed by atoms with Crippen molar-refractivity contribution < 1.29 is 15.0 Å². The van der Waals surface area contributed by atoms with E-state index in [2.05, 4.69) is 39.3 Å². The number of aliphatic hydroxyl groups is 1. The SMILES string of the molecule is C=C(C)C(=O)O.CC1C(O)CCN(C)C1(C)C. The Hall–Kier alpha value is -0.870. The molecule has 4 heteroatoms. The third kappa shape index (κ3) is 4.48. The Balaban J connectivity index is 0.000000366. The van der Waals surface area contributed by atoms with E-state index >= 15 is 0 Å². The highest BCUT2D eigenvalue weighted by molar-refractivity contribution is 5.84. The Morgan fingerprint density at radius 2 is 1.88 bits per heavy atom. The molecule has 0 amide bonds. The van der Waals surface area contributed by atoms with Gasteiger partial charge in [0.05, 0.1) is 6.10 Å². The van der Waals surface area contributed by atoms with Gasteiger partial charge in [0, 0.05) is 17.7 Å². The minimum Gasteiger partial charge on any atom is -0.478 e. The van der Waals surface area contributed by atoms with Crippen molar-refractivity contribution in [3.8, 4) is 0 Å². The van der Waals surface area contributed by atoms with Crippen molar-refractivity contribution in [2.45, 2.75) is 45.8 Å². The van der Waals surface area contributed by atoms with Gasteiger partial charge in [-0.25, -0.2) is 4.79 Å². The molecule has 0 aromatic heterocycles. The summed E-state index contributed by atoms with van der Waals surface area (Å²) in [5.41, 5.74) is 0.326. The Kier molecular flexibility index (Phi) is 5.85. The summed E-state index contributed by atoms with van der Waals surface area (Å²) in [5, 5.41) is 17.5. The molecule has 0 radical (unpaired) electrons. The Labute approximate surface area is 104 Å². The van der Waals surface area contributed by atoms with E-state index in [0.29, 0.717) is 5.92 Å². The van der Waals surface area contributed by atoms with Gasteiger partial charge in [-0.15, -0.1) is 0 Å². The number of likely N-dealkylation sites (tertiary alicyclic amines) is 1. The number of rotatable bonds is 1. The summed E-state index contributed by atoms with van der Waals surface area (Å²) >= 11 is 0. The topological polar surface area (TPSA) is 60.8 Å². The van der Waals surface area contributed by atoms with Gasteiger partial charge >= 0.3 is 5.97 Å². The van der Waals surface area contributed by atoms with Gasteiger partial charge in [0.25, 0.3) is 0 Å². The predicted molar refractivity (Wildman–Crippen MR) is 68.9 cm³/mol. The van der Waals surface area contributed by atoms with Crippen LogP contribution in [0.5, 0.6) is 0 Å². The van der Waals surface area contributed by atoms with E-state index < -0.39 is 5.97 Å². The van der Waals surface area contributed by atoms with Gasteiger partial charge in [-0.1, -0.05) is 13.5 Å². The molecule has 0 saturated carbocycles. The number of aliphatic carboxylic acids is 1. The highest BCUT2D eigenvalue weighted by Crippen LogP contribution is 2.31. The Bertz CT molecular complexity index is 274. The summed E-state index contributed by atoms with van der Waals surface area (Å²) in [5.74, 6) is -0.559. The minimum atomic E-state index is -0.935. The minimum absolute atomic E-state index is 0.110. The third-order valence-corrected chi connectivity index (χ3v) is 3.80. The van der Waals surface area contributed by atoms with Crippen LogP contribution < -0.4 is 0 Å². The molecule has 1 aliphatic heterocycles. The van der Waals surface area contributed by atoms with E-state index in [1.807, 2.05) is 0 Å². The zero-order valence-corrected chi connectivity index (χ0v) is 11.5. The van der Waals surface area contributed by atoms with Gasteiger partial charge in [0.15, 0.2) is 0 Å². The lowest BCUT2D eigenvalue weighted by molar-refractivity contribution is -0.132. The Morgan fingerprint density at radius 1 is 1.47 bits per heavy atom. The lowest BCUT2D eigenvalue weighted by atomic mass is 9.79. The van der Waals surface area contributed by atoms with Crippen LogP contribution in [0.1, 0.15) is 34.1 Å². The second-order valence-corrected chi connectivity index (χ2v) is 5.31. The normalized spacial score (nSPS) is 27.9. The van der Waals surface area contributed by atoms with Crippen LogP contribution in [-0.2, 0) is 4.79 Å². The summed E-state index contributed by atoms with van der Waals surface area (Å²) in [7, 11) is 2.13. The van der Waals surface area contributed by atoms with Crippen molar-refractivity contribution >= 4 is 5.97 Å². The summed E-state index contributed by atoms with van der Waals surface area (Å²) in [6, 6.07) is 0. The smallest absolute Gasteiger partial charge is 0.330 e. The van der Waals surface area contributed by atoms with Crippen molar-refractivity contribution in [2.24, 2.45) is 5.92 Å². The zero-order valence-electron chi connectivity index (χ0n) is 11.5. The zero-order chi connectivity index (χ0) is 13.8. The van der Waals surface area contributed by atoms with Crippen LogP contribution in [0.15, 0.2) is 12.2 Å². The van der Waals surface area contributed by atoms with Gasteiger partial charge in [-0.3, -0.25) is 0 Å². The molecule has 1 saturated heterocycles. The molecule has 0 aliphatic carbocycles. The molecule has 2 unspecified atom stereocenters. The standard InChI is InChI=1S/C9H19NO.C4H6O2/c1-7-8(11)5-6-10(4)9(7,2)3;1-3(2)4(5)6/h7-8,11H,5-6H2,1-4H3;1H2,2H3,(H,5,6). The van der Waals surface area contributed by atoms with E-state index in [0.717, 1.165) is 13.0 Å². The molecule has 0 spiro atoms. The average Bonchev–Trinajstić information content (AvgIpc) is 2.22. The first-order valence-corrected chi connectivity index (χ1v) is 5.88. The van der Waals surface area contributed by atoms with Gasteiger partial charge < -0.3 is 15.1 Å². The van der Waals surface area contributed by atoms with E-state index in [1.165, 1.54) is 6.92 Å². The number of aliphatic hydroxyl groups excluding tert-OH is 1. The summed E-state index contributed by atoms with van der Waals surface area (Å²) in [6.07, 6.45) is 0.808. The highest BCUT2D eigenvalue weighted by atomic mass is 16.4. The molecule has 100 valence electrons.